The van der Waals surface area contributed by atoms with Crippen LogP contribution in [0.4, 0.5) is 4.79 Å². The van der Waals surface area contributed by atoms with Crippen molar-refractivity contribution in [2.24, 2.45) is 0 Å². The van der Waals surface area contributed by atoms with Crippen LogP contribution in [0.1, 0.15) is 54.1 Å². The molecule has 0 spiro atoms. The Hall–Kier alpha value is -3.22. The lowest BCUT2D eigenvalue weighted by atomic mass is 9.89. The number of methoxy groups -OCH3 is 2. The molecular weight excluding hydrogens is 406 g/mol. The Morgan fingerprint density at radius 3 is 2.59 bits per heavy atom. The lowest BCUT2D eigenvalue weighted by molar-refractivity contribution is 0.0950. The van der Waals surface area contributed by atoms with E-state index in [9.17, 15) is 9.59 Å². The molecule has 1 aliphatic heterocycles. The third-order valence-corrected chi connectivity index (χ3v) is 5.64. The van der Waals surface area contributed by atoms with Crippen LogP contribution in [0.3, 0.4) is 0 Å². The first-order valence-electron chi connectivity index (χ1n) is 11.1. The van der Waals surface area contributed by atoms with E-state index in [0.29, 0.717) is 30.2 Å². The van der Waals surface area contributed by atoms with E-state index in [2.05, 4.69) is 10.6 Å². The fourth-order valence-corrected chi connectivity index (χ4v) is 3.98. The number of hydrogen-bond acceptors (Lipinski definition) is 4. The van der Waals surface area contributed by atoms with Crippen molar-refractivity contribution in [3.8, 4) is 11.5 Å². The van der Waals surface area contributed by atoms with Crippen molar-refractivity contribution in [1.29, 1.82) is 0 Å². The van der Waals surface area contributed by atoms with Crippen LogP contribution in [0.25, 0.3) is 0 Å². The molecule has 0 saturated carbocycles. The van der Waals surface area contributed by atoms with Gasteiger partial charge in [0.25, 0.3) is 5.91 Å². The van der Waals surface area contributed by atoms with Gasteiger partial charge in [0, 0.05) is 37.2 Å². The third kappa shape index (κ3) is 5.93. The van der Waals surface area contributed by atoms with Gasteiger partial charge in [-0.25, -0.2) is 4.79 Å². The number of amides is 3. The molecule has 3 rings (SSSR count). The Bertz CT molecular complexity index is 945. The molecule has 0 aromatic heterocycles. The molecule has 0 unspecified atom stereocenters. The fourth-order valence-electron chi connectivity index (χ4n) is 3.98. The van der Waals surface area contributed by atoms with Gasteiger partial charge in [0.15, 0.2) is 11.5 Å². The van der Waals surface area contributed by atoms with Gasteiger partial charge < -0.3 is 25.0 Å². The maximum Gasteiger partial charge on any atom is 0.317 e. The van der Waals surface area contributed by atoms with E-state index in [-0.39, 0.29) is 23.9 Å². The summed E-state index contributed by atoms with van der Waals surface area (Å²) in [7, 11) is 3.18. The molecule has 2 aromatic rings. The summed E-state index contributed by atoms with van der Waals surface area (Å²) in [4.78, 5) is 27.1. The van der Waals surface area contributed by atoms with E-state index in [1.165, 1.54) is 0 Å². The maximum absolute atomic E-state index is 12.8. The molecule has 0 bridgehead atoms. The highest BCUT2D eigenvalue weighted by Crippen LogP contribution is 2.29. The van der Waals surface area contributed by atoms with Crippen LogP contribution in [0.15, 0.2) is 42.5 Å². The summed E-state index contributed by atoms with van der Waals surface area (Å²) in [6.07, 6.45) is 1.95. The van der Waals surface area contributed by atoms with E-state index in [1.807, 2.05) is 61.2 Å². The number of nitrogens with one attached hydrogen (secondary N) is 2. The Morgan fingerprint density at radius 2 is 1.88 bits per heavy atom. The highest BCUT2D eigenvalue weighted by Gasteiger charge is 2.25. The Balaban J connectivity index is 1.64. The Morgan fingerprint density at radius 1 is 1.09 bits per heavy atom. The number of ether oxygens (including phenoxy) is 2. The first-order chi connectivity index (χ1) is 15.4. The standard InChI is InChI=1S/C25H33N3O4/c1-17(2)27-25(30)28-12-6-9-21(16-28)19-7-5-8-20(14-19)24(29)26-15-18-10-11-22(31-3)23(13-18)32-4/h5,7-8,10-11,13-14,17,21H,6,9,12,15-16H2,1-4H3,(H,26,29)(H,27,30)/t21-/m1/s1. The molecule has 1 heterocycles. The van der Waals surface area contributed by atoms with Crippen molar-refractivity contribution in [3.63, 3.8) is 0 Å². The predicted molar refractivity (Wildman–Crippen MR) is 124 cm³/mol. The minimum absolute atomic E-state index is 0.0199. The molecular formula is C25H33N3O4. The van der Waals surface area contributed by atoms with Crippen LogP contribution in [0.5, 0.6) is 11.5 Å². The van der Waals surface area contributed by atoms with E-state index in [4.69, 9.17) is 9.47 Å². The number of piperidine rings is 1. The highest BCUT2D eigenvalue weighted by molar-refractivity contribution is 5.94. The molecule has 172 valence electrons. The van der Waals surface area contributed by atoms with Gasteiger partial charge in [0.1, 0.15) is 0 Å². The van der Waals surface area contributed by atoms with Crippen LogP contribution in [0.2, 0.25) is 0 Å². The summed E-state index contributed by atoms with van der Waals surface area (Å²) in [5.74, 6) is 1.37. The number of carbonyl (C=O) groups excluding carboxylic acids is 2. The molecule has 3 amide bonds. The molecule has 1 aliphatic rings. The Kier molecular flexibility index (Phi) is 7.98. The summed E-state index contributed by atoms with van der Waals surface area (Å²) in [6.45, 7) is 5.73. The van der Waals surface area contributed by atoms with Crippen molar-refractivity contribution < 1.29 is 19.1 Å². The van der Waals surface area contributed by atoms with Crippen LogP contribution >= 0.6 is 0 Å². The van der Waals surface area contributed by atoms with Crippen molar-refractivity contribution in [3.05, 3.63) is 59.2 Å². The molecule has 0 aliphatic carbocycles. The molecule has 2 aromatic carbocycles. The van der Waals surface area contributed by atoms with Gasteiger partial charge in [-0.1, -0.05) is 18.2 Å². The second-order valence-corrected chi connectivity index (χ2v) is 8.39. The van der Waals surface area contributed by atoms with Gasteiger partial charge in [0.05, 0.1) is 14.2 Å². The predicted octanol–water partition coefficient (Wildman–Crippen LogP) is 3.93. The number of urea groups is 1. The van der Waals surface area contributed by atoms with Crippen LogP contribution in [-0.2, 0) is 6.54 Å². The highest BCUT2D eigenvalue weighted by atomic mass is 16.5. The van der Waals surface area contributed by atoms with Crippen molar-refractivity contribution >= 4 is 11.9 Å². The van der Waals surface area contributed by atoms with Gasteiger partial charge in [-0.15, -0.1) is 0 Å². The summed E-state index contributed by atoms with van der Waals surface area (Å²) >= 11 is 0. The molecule has 0 radical (unpaired) electrons. The zero-order valence-electron chi connectivity index (χ0n) is 19.3. The largest absolute Gasteiger partial charge is 0.493 e. The topological polar surface area (TPSA) is 79.9 Å². The minimum atomic E-state index is -0.133. The molecule has 2 N–H and O–H groups in total. The lowest BCUT2D eigenvalue weighted by Gasteiger charge is -2.33. The van der Waals surface area contributed by atoms with E-state index < -0.39 is 0 Å². The second kappa shape index (κ2) is 10.9. The molecule has 1 atom stereocenters. The smallest absolute Gasteiger partial charge is 0.317 e. The summed E-state index contributed by atoms with van der Waals surface area (Å²) in [5, 5.41) is 5.94. The number of hydrogen-bond donors (Lipinski definition) is 2. The number of benzene rings is 2. The average Bonchev–Trinajstić information content (AvgIpc) is 2.82. The van der Waals surface area contributed by atoms with E-state index in [0.717, 1.165) is 30.5 Å². The maximum atomic E-state index is 12.8. The number of carbonyl (C=O) groups is 2. The van der Waals surface area contributed by atoms with Crippen LogP contribution in [0, 0.1) is 0 Å². The zero-order chi connectivity index (χ0) is 23.1. The van der Waals surface area contributed by atoms with Crippen LogP contribution < -0.4 is 20.1 Å². The van der Waals surface area contributed by atoms with Crippen molar-refractivity contribution in [2.45, 2.75) is 45.2 Å². The zero-order valence-corrected chi connectivity index (χ0v) is 19.3. The SMILES string of the molecule is COc1ccc(CNC(=O)c2cccc([C@@H]3CCCN(C(=O)NC(C)C)C3)c2)cc1OC. The summed E-state index contributed by atoms with van der Waals surface area (Å²) < 4.78 is 10.6. The molecule has 32 heavy (non-hydrogen) atoms. The minimum Gasteiger partial charge on any atom is -0.493 e. The first-order valence-corrected chi connectivity index (χ1v) is 11.1. The summed E-state index contributed by atoms with van der Waals surface area (Å²) in [6, 6.07) is 13.4. The monoisotopic (exact) mass is 439 g/mol. The van der Waals surface area contributed by atoms with E-state index >= 15 is 0 Å². The quantitative estimate of drug-likeness (QED) is 0.685. The average molecular weight is 440 g/mol. The van der Waals surface area contributed by atoms with Crippen molar-refractivity contribution in [2.75, 3.05) is 27.3 Å². The molecule has 7 heteroatoms. The lowest BCUT2D eigenvalue weighted by Crippen LogP contribution is -2.47. The molecule has 7 nitrogen and oxygen atoms in total. The van der Waals surface area contributed by atoms with E-state index in [1.54, 1.807) is 14.2 Å². The molecule has 1 saturated heterocycles. The summed E-state index contributed by atoms with van der Waals surface area (Å²) in [5.41, 5.74) is 2.63. The van der Waals surface area contributed by atoms with Gasteiger partial charge >= 0.3 is 6.03 Å². The number of rotatable bonds is 7. The third-order valence-electron chi connectivity index (χ3n) is 5.64. The first kappa shape index (κ1) is 23.4. The fraction of sp³-hybridized carbons (Fsp3) is 0.440. The normalized spacial score (nSPS) is 15.9. The van der Waals surface area contributed by atoms with Gasteiger partial charge in [-0.3, -0.25) is 4.79 Å². The van der Waals surface area contributed by atoms with Gasteiger partial charge in [0.2, 0.25) is 0 Å². The number of likely N-dealkylation sites (tertiary alicyclic amines) is 1. The number of nitrogens with zero attached hydrogens (tertiary/aromatic N) is 1. The van der Waals surface area contributed by atoms with Gasteiger partial charge in [-0.05, 0) is 62.1 Å². The Labute approximate surface area is 190 Å². The van der Waals surface area contributed by atoms with Gasteiger partial charge in [-0.2, -0.15) is 0 Å². The van der Waals surface area contributed by atoms with Crippen LogP contribution in [-0.4, -0.2) is 50.2 Å². The second-order valence-electron chi connectivity index (χ2n) is 8.39. The van der Waals surface area contributed by atoms with Crippen molar-refractivity contribution in [1.82, 2.24) is 15.5 Å². The molecule has 1 fully saturated rings.